The number of hydrogen-bond acceptors (Lipinski definition) is 6. The van der Waals surface area contributed by atoms with Gasteiger partial charge in [-0.3, -0.25) is 14.2 Å². The number of aryl methyl sites for hydroxylation is 2. The smallest absolute Gasteiger partial charge is 0.331 e. The molecule has 0 radical (unpaired) electrons. The summed E-state index contributed by atoms with van der Waals surface area (Å²) in [7, 11) is 1.55. The molecule has 1 aromatic carbocycles. The van der Waals surface area contributed by atoms with E-state index in [1.807, 2.05) is 18.2 Å². The molecule has 0 bridgehead atoms. The molecule has 1 unspecified atom stereocenters. The van der Waals surface area contributed by atoms with Crippen molar-refractivity contribution in [3.05, 3.63) is 62.4 Å². The fourth-order valence-corrected chi connectivity index (χ4v) is 3.03. The molecule has 0 aliphatic carbocycles. The average Bonchev–Trinajstić information content (AvgIpc) is 2.72. The molecule has 0 saturated heterocycles. The molecule has 1 amide bonds. The van der Waals surface area contributed by atoms with Crippen LogP contribution >= 0.6 is 0 Å². The third-order valence-corrected chi connectivity index (χ3v) is 4.58. The maximum atomic E-state index is 13.0. The van der Waals surface area contributed by atoms with Crippen molar-refractivity contribution < 1.29 is 14.7 Å². The second-order valence-electron chi connectivity index (χ2n) is 7.08. The third kappa shape index (κ3) is 4.88. The fraction of sp³-hybridized carbons (Fsp3) is 0.400. The first kappa shape index (κ1) is 22.7. The van der Waals surface area contributed by atoms with Crippen molar-refractivity contribution in [2.75, 3.05) is 7.11 Å². The first-order valence-corrected chi connectivity index (χ1v) is 9.47. The molecule has 162 valence electrons. The standard InChI is InChI=1S/C20H27N5O5/c1-12(2)22-18(26)13(3)25-19(27)15(17(21)23-29)11-24(20(25)28)10-9-14-7-5-6-8-16(14)30-4/h5-8,11-13,29H,9-10H2,1-4H3,(H2,21,23)(H,22,26). The zero-order chi connectivity index (χ0) is 22.4. The number of benzene rings is 1. The van der Waals surface area contributed by atoms with Crippen molar-refractivity contribution in [3.8, 4) is 5.75 Å². The highest BCUT2D eigenvalue weighted by atomic mass is 16.5. The number of methoxy groups -OCH3 is 1. The van der Waals surface area contributed by atoms with Crippen LogP contribution in [-0.2, 0) is 17.8 Å². The third-order valence-electron chi connectivity index (χ3n) is 4.58. The molecule has 4 N–H and O–H groups in total. The van der Waals surface area contributed by atoms with Crippen molar-refractivity contribution in [2.45, 2.75) is 45.8 Å². The summed E-state index contributed by atoms with van der Waals surface area (Å²) in [6, 6.07) is 6.09. The number of oxime groups is 1. The molecule has 2 rings (SSSR count). The SMILES string of the molecule is COc1ccccc1CCn1cc(/C(N)=N/O)c(=O)n(C(C)C(=O)NC(C)C)c1=O. The summed E-state index contributed by atoms with van der Waals surface area (Å²) in [4.78, 5) is 38.3. The van der Waals surface area contributed by atoms with Gasteiger partial charge in [-0.15, -0.1) is 0 Å². The van der Waals surface area contributed by atoms with Crippen LogP contribution in [0.5, 0.6) is 5.75 Å². The van der Waals surface area contributed by atoms with Gasteiger partial charge in [0.2, 0.25) is 5.91 Å². The predicted octanol–water partition coefficient (Wildman–Crippen LogP) is 0.441. The van der Waals surface area contributed by atoms with E-state index >= 15 is 0 Å². The minimum atomic E-state index is -1.09. The van der Waals surface area contributed by atoms with Gasteiger partial charge >= 0.3 is 5.69 Å². The Balaban J connectivity index is 2.54. The lowest BCUT2D eigenvalue weighted by Gasteiger charge is -2.19. The number of carbonyl (C=O) groups is 1. The van der Waals surface area contributed by atoms with Gasteiger partial charge in [0.15, 0.2) is 5.84 Å². The van der Waals surface area contributed by atoms with E-state index in [-0.39, 0.29) is 18.2 Å². The van der Waals surface area contributed by atoms with E-state index < -0.39 is 29.0 Å². The average molecular weight is 417 g/mol. The lowest BCUT2D eigenvalue weighted by Crippen LogP contribution is -2.49. The van der Waals surface area contributed by atoms with Gasteiger partial charge in [-0.1, -0.05) is 23.4 Å². The topological polar surface area (TPSA) is 141 Å². The number of amides is 1. The Hall–Kier alpha value is -3.56. The largest absolute Gasteiger partial charge is 0.496 e. The zero-order valence-corrected chi connectivity index (χ0v) is 17.5. The second kappa shape index (κ2) is 9.77. The maximum Gasteiger partial charge on any atom is 0.331 e. The molecule has 10 heteroatoms. The minimum Gasteiger partial charge on any atom is -0.496 e. The molecule has 0 aliphatic rings. The van der Waals surface area contributed by atoms with Gasteiger partial charge < -0.3 is 21.0 Å². The van der Waals surface area contributed by atoms with Gasteiger partial charge in [-0.2, -0.15) is 0 Å². The van der Waals surface area contributed by atoms with Crippen LogP contribution in [0.2, 0.25) is 0 Å². The Morgan fingerprint density at radius 3 is 2.53 bits per heavy atom. The van der Waals surface area contributed by atoms with Crippen molar-refractivity contribution in [2.24, 2.45) is 10.9 Å². The van der Waals surface area contributed by atoms with E-state index in [1.165, 1.54) is 17.7 Å². The van der Waals surface area contributed by atoms with Crippen LogP contribution in [0.3, 0.4) is 0 Å². The molecule has 30 heavy (non-hydrogen) atoms. The maximum absolute atomic E-state index is 13.0. The molecule has 0 aliphatic heterocycles. The number of nitrogens with two attached hydrogens (primary N) is 1. The van der Waals surface area contributed by atoms with Crippen molar-refractivity contribution in [1.29, 1.82) is 0 Å². The summed E-state index contributed by atoms with van der Waals surface area (Å²) in [6.45, 7) is 5.17. The van der Waals surface area contributed by atoms with Crippen LogP contribution in [0.25, 0.3) is 0 Å². The Labute approximate surface area is 173 Å². The molecule has 2 aromatic rings. The second-order valence-corrected chi connectivity index (χ2v) is 7.08. The number of aromatic nitrogens is 2. The first-order chi connectivity index (χ1) is 14.2. The number of nitrogens with one attached hydrogen (secondary N) is 1. The molecule has 1 aromatic heterocycles. The lowest BCUT2D eigenvalue weighted by atomic mass is 10.1. The van der Waals surface area contributed by atoms with Gasteiger partial charge in [0.25, 0.3) is 5.56 Å². The van der Waals surface area contributed by atoms with Crippen LogP contribution in [-0.4, -0.2) is 39.2 Å². The van der Waals surface area contributed by atoms with Crippen molar-refractivity contribution >= 4 is 11.7 Å². The lowest BCUT2D eigenvalue weighted by molar-refractivity contribution is -0.124. The Bertz CT molecular complexity index is 1050. The summed E-state index contributed by atoms with van der Waals surface area (Å²) in [5.74, 6) is -0.270. The summed E-state index contributed by atoms with van der Waals surface area (Å²) in [6.07, 6.45) is 1.66. The number of rotatable bonds is 8. The molecule has 0 fully saturated rings. The summed E-state index contributed by atoms with van der Waals surface area (Å²) in [5, 5.41) is 14.6. The number of nitrogens with zero attached hydrogens (tertiary/aromatic N) is 3. The van der Waals surface area contributed by atoms with Crippen LogP contribution in [0, 0.1) is 0 Å². The number of carbonyl (C=O) groups excluding carboxylic acids is 1. The fourth-order valence-electron chi connectivity index (χ4n) is 3.03. The number of ether oxygens (including phenoxy) is 1. The van der Waals surface area contributed by atoms with E-state index in [0.717, 1.165) is 10.1 Å². The highest BCUT2D eigenvalue weighted by Crippen LogP contribution is 2.18. The van der Waals surface area contributed by atoms with Gasteiger partial charge in [0, 0.05) is 18.8 Å². The normalized spacial score (nSPS) is 12.6. The van der Waals surface area contributed by atoms with Crippen LogP contribution in [0.15, 0.2) is 45.2 Å². The van der Waals surface area contributed by atoms with Crippen molar-refractivity contribution in [1.82, 2.24) is 14.5 Å². The molecular formula is C20H27N5O5. The molecule has 0 spiro atoms. The van der Waals surface area contributed by atoms with Crippen LogP contribution < -0.4 is 27.0 Å². The van der Waals surface area contributed by atoms with Gasteiger partial charge in [0.1, 0.15) is 17.4 Å². The number of para-hydroxylation sites is 1. The van der Waals surface area contributed by atoms with E-state index in [4.69, 9.17) is 15.7 Å². The summed E-state index contributed by atoms with van der Waals surface area (Å²) >= 11 is 0. The van der Waals surface area contributed by atoms with E-state index in [0.29, 0.717) is 12.2 Å². The zero-order valence-electron chi connectivity index (χ0n) is 17.5. The molecule has 10 nitrogen and oxygen atoms in total. The van der Waals surface area contributed by atoms with Crippen molar-refractivity contribution in [3.63, 3.8) is 0 Å². The monoisotopic (exact) mass is 417 g/mol. The molecule has 0 saturated carbocycles. The molecule has 1 atom stereocenters. The Kier molecular flexibility index (Phi) is 7.40. The summed E-state index contributed by atoms with van der Waals surface area (Å²) in [5.41, 5.74) is 4.85. The van der Waals surface area contributed by atoms with Gasteiger partial charge in [-0.05, 0) is 38.8 Å². The number of hydrogen-bond donors (Lipinski definition) is 3. The summed E-state index contributed by atoms with van der Waals surface area (Å²) < 4.78 is 7.40. The van der Waals surface area contributed by atoms with Crippen LogP contribution in [0.4, 0.5) is 0 Å². The molecular weight excluding hydrogens is 390 g/mol. The highest BCUT2D eigenvalue weighted by molar-refractivity contribution is 5.96. The van der Waals surface area contributed by atoms with Gasteiger partial charge in [0.05, 0.1) is 7.11 Å². The first-order valence-electron chi connectivity index (χ1n) is 9.47. The Morgan fingerprint density at radius 1 is 1.27 bits per heavy atom. The van der Waals surface area contributed by atoms with E-state index in [1.54, 1.807) is 27.0 Å². The predicted molar refractivity (Wildman–Crippen MR) is 112 cm³/mol. The van der Waals surface area contributed by atoms with Gasteiger partial charge in [-0.25, -0.2) is 9.36 Å². The highest BCUT2D eigenvalue weighted by Gasteiger charge is 2.23. The minimum absolute atomic E-state index is 0.171. The number of amidine groups is 1. The Morgan fingerprint density at radius 2 is 1.93 bits per heavy atom. The quantitative estimate of drug-likeness (QED) is 0.246. The molecule has 1 heterocycles. The van der Waals surface area contributed by atoms with E-state index in [9.17, 15) is 14.4 Å². The van der Waals surface area contributed by atoms with E-state index in [2.05, 4.69) is 10.5 Å². The van der Waals surface area contributed by atoms with Crippen LogP contribution in [0.1, 0.15) is 37.9 Å².